The first-order chi connectivity index (χ1) is 10.6. The molecule has 0 radical (unpaired) electrons. The molecule has 0 N–H and O–H groups in total. The predicted molar refractivity (Wildman–Crippen MR) is 78.5 cm³/mol. The van der Waals surface area contributed by atoms with Crippen molar-refractivity contribution in [1.29, 1.82) is 0 Å². The quantitative estimate of drug-likeness (QED) is 0.407. The van der Waals surface area contributed by atoms with Crippen LogP contribution in [0.2, 0.25) is 15.1 Å². The minimum Gasteiger partial charge on any atom is -0.435 e. The zero-order chi connectivity index (χ0) is 17.4. The molecule has 0 aliphatic heterocycles. The molecule has 0 aromatic heterocycles. The summed E-state index contributed by atoms with van der Waals surface area (Å²) >= 11 is 17.4. The zero-order valence-corrected chi connectivity index (χ0v) is 13.2. The molecule has 0 unspecified atom stereocenters. The lowest BCUT2D eigenvalue weighted by Crippen LogP contribution is -2.08. The third kappa shape index (κ3) is 4.19. The van der Waals surface area contributed by atoms with E-state index in [1.165, 1.54) is 0 Å². The third-order valence-corrected chi connectivity index (χ3v) is 4.01. The topological polar surface area (TPSA) is 9.23 Å². The summed E-state index contributed by atoms with van der Waals surface area (Å²) in [6.45, 7) is -3.17. The maximum Gasteiger partial charge on any atom is 0.417 e. The van der Waals surface area contributed by atoms with Crippen LogP contribution in [0.1, 0.15) is 5.56 Å². The van der Waals surface area contributed by atoms with Crippen molar-refractivity contribution in [2.75, 3.05) is 0 Å². The van der Waals surface area contributed by atoms with Gasteiger partial charge in [0.15, 0.2) is 0 Å². The SMILES string of the molecule is FC(F)Oc1ccc(C(F)(F)F)c(-c2cc(Cl)c(Cl)c(Cl)c2)c1. The van der Waals surface area contributed by atoms with Crippen LogP contribution in [0.15, 0.2) is 30.3 Å². The fourth-order valence-corrected chi connectivity index (χ4v) is 2.49. The molecule has 2 aromatic rings. The molecule has 9 heteroatoms. The summed E-state index contributed by atoms with van der Waals surface area (Å²) in [5, 5.41) is -0.157. The molecular weight excluding hydrogens is 386 g/mol. The van der Waals surface area contributed by atoms with Gasteiger partial charge in [-0.25, -0.2) is 0 Å². The van der Waals surface area contributed by atoms with E-state index in [0.717, 1.165) is 24.3 Å². The lowest BCUT2D eigenvalue weighted by atomic mass is 9.99. The Bertz CT molecular complexity index is 708. The first-order valence-electron chi connectivity index (χ1n) is 5.90. The van der Waals surface area contributed by atoms with Gasteiger partial charge in [0.05, 0.1) is 20.6 Å². The van der Waals surface area contributed by atoms with Gasteiger partial charge in [-0.3, -0.25) is 0 Å². The predicted octanol–water partition coefficient (Wildman–Crippen LogP) is 6.93. The van der Waals surface area contributed by atoms with Crippen LogP contribution in [0.3, 0.4) is 0 Å². The molecule has 0 spiro atoms. The molecule has 0 aliphatic rings. The van der Waals surface area contributed by atoms with Crippen molar-refractivity contribution < 1.29 is 26.7 Å². The molecule has 0 aliphatic carbocycles. The van der Waals surface area contributed by atoms with Gasteiger partial charge in [-0.05, 0) is 41.5 Å². The van der Waals surface area contributed by atoms with Crippen LogP contribution < -0.4 is 4.74 Å². The van der Waals surface area contributed by atoms with E-state index in [-0.39, 0.29) is 20.6 Å². The molecule has 2 rings (SSSR count). The van der Waals surface area contributed by atoms with Crippen LogP contribution in [-0.2, 0) is 6.18 Å². The Kier molecular flexibility index (Phi) is 5.28. The Morgan fingerprint density at radius 2 is 1.48 bits per heavy atom. The lowest BCUT2D eigenvalue weighted by Gasteiger charge is -2.16. The Labute approximate surface area is 142 Å². The number of halogens is 8. The number of hydrogen-bond acceptors (Lipinski definition) is 1. The number of benzene rings is 2. The zero-order valence-electron chi connectivity index (χ0n) is 10.9. The second-order valence-corrected chi connectivity index (χ2v) is 5.53. The minimum atomic E-state index is -4.71. The summed E-state index contributed by atoms with van der Waals surface area (Å²) in [5.74, 6) is -0.426. The average Bonchev–Trinajstić information content (AvgIpc) is 2.42. The van der Waals surface area contributed by atoms with E-state index in [0.29, 0.717) is 6.07 Å². The van der Waals surface area contributed by atoms with Crippen molar-refractivity contribution in [2.24, 2.45) is 0 Å². The molecule has 0 amide bonds. The summed E-state index contributed by atoms with van der Waals surface area (Å²) in [6, 6.07) is 4.60. The molecule has 124 valence electrons. The van der Waals surface area contributed by atoms with Gasteiger partial charge in [0, 0.05) is 0 Å². The largest absolute Gasteiger partial charge is 0.435 e. The van der Waals surface area contributed by atoms with Gasteiger partial charge in [0.25, 0.3) is 0 Å². The molecule has 2 aromatic carbocycles. The second-order valence-electron chi connectivity index (χ2n) is 4.34. The van der Waals surface area contributed by atoms with Gasteiger partial charge in [0.2, 0.25) is 0 Å². The number of ether oxygens (including phenoxy) is 1. The van der Waals surface area contributed by atoms with Crippen LogP contribution in [0.25, 0.3) is 11.1 Å². The van der Waals surface area contributed by atoms with E-state index < -0.39 is 29.7 Å². The highest BCUT2D eigenvalue weighted by atomic mass is 35.5. The van der Waals surface area contributed by atoms with Crippen LogP contribution in [0.4, 0.5) is 22.0 Å². The molecule has 0 fully saturated rings. The van der Waals surface area contributed by atoms with E-state index in [1.807, 2.05) is 0 Å². The Morgan fingerprint density at radius 1 is 0.913 bits per heavy atom. The summed E-state index contributed by atoms with van der Waals surface area (Å²) in [6.07, 6.45) is -4.71. The highest BCUT2D eigenvalue weighted by molar-refractivity contribution is 6.48. The standard InChI is InChI=1S/C14H6Cl3F5O/c15-10-3-6(4-11(16)12(10)17)8-5-7(23-13(18)19)1-2-9(8)14(20,21)22/h1-5,13H. The van der Waals surface area contributed by atoms with Crippen molar-refractivity contribution in [3.8, 4) is 16.9 Å². The molecular formula is C14H6Cl3F5O. The van der Waals surface area contributed by atoms with Gasteiger partial charge in [0.1, 0.15) is 5.75 Å². The van der Waals surface area contributed by atoms with E-state index in [2.05, 4.69) is 4.74 Å². The highest BCUT2D eigenvalue weighted by Gasteiger charge is 2.34. The summed E-state index contributed by atoms with van der Waals surface area (Å²) < 4.78 is 68.1. The normalized spacial score (nSPS) is 11.9. The van der Waals surface area contributed by atoms with Crippen molar-refractivity contribution in [2.45, 2.75) is 12.8 Å². The fraction of sp³-hybridized carbons (Fsp3) is 0.143. The summed E-state index contributed by atoms with van der Waals surface area (Å²) in [7, 11) is 0. The van der Waals surface area contributed by atoms with Crippen LogP contribution in [0.5, 0.6) is 5.75 Å². The summed E-state index contributed by atoms with van der Waals surface area (Å²) in [4.78, 5) is 0. The third-order valence-electron chi connectivity index (χ3n) is 2.82. The van der Waals surface area contributed by atoms with Gasteiger partial charge >= 0.3 is 12.8 Å². The minimum absolute atomic E-state index is 0.0226. The Balaban J connectivity index is 2.66. The van der Waals surface area contributed by atoms with Gasteiger partial charge in [-0.2, -0.15) is 22.0 Å². The Morgan fingerprint density at radius 3 is 1.96 bits per heavy atom. The Hall–Kier alpha value is -1.24. The van der Waals surface area contributed by atoms with Crippen molar-refractivity contribution in [3.63, 3.8) is 0 Å². The van der Waals surface area contributed by atoms with Gasteiger partial charge in [-0.15, -0.1) is 0 Å². The van der Waals surface area contributed by atoms with Gasteiger partial charge in [-0.1, -0.05) is 34.8 Å². The van der Waals surface area contributed by atoms with Crippen LogP contribution in [0, 0.1) is 0 Å². The van der Waals surface area contributed by atoms with Crippen molar-refractivity contribution in [1.82, 2.24) is 0 Å². The van der Waals surface area contributed by atoms with E-state index >= 15 is 0 Å². The first-order valence-corrected chi connectivity index (χ1v) is 7.04. The smallest absolute Gasteiger partial charge is 0.417 e. The monoisotopic (exact) mass is 390 g/mol. The molecule has 0 bridgehead atoms. The highest BCUT2D eigenvalue weighted by Crippen LogP contribution is 2.42. The molecule has 1 nitrogen and oxygen atoms in total. The van der Waals surface area contributed by atoms with E-state index in [1.54, 1.807) is 0 Å². The van der Waals surface area contributed by atoms with E-state index in [9.17, 15) is 22.0 Å². The maximum atomic E-state index is 13.1. The molecule has 0 atom stereocenters. The van der Waals surface area contributed by atoms with Crippen molar-refractivity contribution >= 4 is 34.8 Å². The van der Waals surface area contributed by atoms with Gasteiger partial charge < -0.3 is 4.74 Å². The fourth-order valence-electron chi connectivity index (χ4n) is 1.90. The summed E-state index contributed by atoms with van der Waals surface area (Å²) in [5.41, 5.74) is -1.49. The van der Waals surface area contributed by atoms with Crippen LogP contribution in [-0.4, -0.2) is 6.61 Å². The molecule has 0 heterocycles. The van der Waals surface area contributed by atoms with E-state index in [4.69, 9.17) is 34.8 Å². The molecule has 0 saturated heterocycles. The first kappa shape index (κ1) is 18.1. The number of hydrogen-bond donors (Lipinski definition) is 0. The van der Waals surface area contributed by atoms with Crippen molar-refractivity contribution in [3.05, 3.63) is 51.0 Å². The number of alkyl halides is 5. The maximum absolute atomic E-state index is 13.1. The number of rotatable bonds is 3. The molecule has 0 saturated carbocycles. The van der Waals surface area contributed by atoms with Crippen LogP contribution >= 0.6 is 34.8 Å². The lowest BCUT2D eigenvalue weighted by molar-refractivity contribution is -0.137. The average molecular weight is 392 g/mol. The molecule has 23 heavy (non-hydrogen) atoms. The second kappa shape index (κ2) is 6.71.